The van der Waals surface area contributed by atoms with Gasteiger partial charge in [-0.3, -0.25) is 19.4 Å². The lowest BCUT2D eigenvalue weighted by Gasteiger charge is -2.38. The zero-order chi connectivity index (χ0) is 27.7. The number of nitrogens with zero attached hydrogens (tertiary/aromatic N) is 3. The molecule has 0 radical (unpaired) electrons. The first kappa shape index (κ1) is 26.6. The molecule has 3 aromatic carbocycles. The summed E-state index contributed by atoms with van der Waals surface area (Å²) in [6.07, 6.45) is 1.53. The average molecular weight is 555 g/mol. The van der Waals surface area contributed by atoms with Gasteiger partial charge in [0.1, 0.15) is 4.90 Å². The van der Waals surface area contributed by atoms with Crippen molar-refractivity contribution in [3.63, 3.8) is 0 Å². The summed E-state index contributed by atoms with van der Waals surface area (Å²) in [7, 11) is -3.92. The molecule has 1 aromatic heterocycles. The molecular formula is C28H25F3N4O3S. The summed E-state index contributed by atoms with van der Waals surface area (Å²) in [6, 6.07) is 16.2. The van der Waals surface area contributed by atoms with Crippen LogP contribution in [0.4, 0.5) is 18.9 Å². The second-order valence-electron chi connectivity index (χ2n) is 9.32. The summed E-state index contributed by atoms with van der Waals surface area (Å²) in [6.45, 7) is 3.47. The summed E-state index contributed by atoms with van der Waals surface area (Å²) >= 11 is 0. The fraction of sp³-hybridized carbons (Fsp3) is 0.214. The Morgan fingerprint density at radius 2 is 1.56 bits per heavy atom. The summed E-state index contributed by atoms with van der Waals surface area (Å²) in [5.41, 5.74) is 1.39. The number of amides is 1. The normalized spacial score (nSPS) is 15.3. The maximum atomic E-state index is 13.7. The molecule has 1 amide bonds. The molecule has 2 heterocycles. The largest absolute Gasteiger partial charge is 0.336 e. The second-order valence-corrected chi connectivity index (χ2v) is 11.0. The van der Waals surface area contributed by atoms with Gasteiger partial charge in [-0.25, -0.2) is 21.6 Å². The highest BCUT2D eigenvalue weighted by Gasteiger charge is 2.27. The number of sulfonamides is 1. The monoisotopic (exact) mass is 554 g/mol. The minimum Gasteiger partial charge on any atom is -0.336 e. The number of carbonyl (C=O) groups is 1. The highest BCUT2D eigenvalue weighted by Crippen LogP contribution is 2.26. The SMILES string of the molecule is CC(c1cc(F)c(F)c(F)c1)N1CCN(C(=O)c2ccc(NS(=O)(=O)c3cccc4cccnc34)cc2)CC1. The number of hydrogen-bond acceptors (Lipinski definition) is 5. The number of rotatable bonds is 6. The van der Waals surface area contributed by atoms with E-state index in [0.717, 1.165) is 12.1 Å². The number of halogens is 3. The van der Waals surface area contributed by atoms with Crippen molar-refractivity contribution in [2.24, 2.45) is 0 Å². The van der Waals surface area contributed by atoms with Gasteiger partial charge in [-0.15, -0.1) is 0 Å². The molecule has 1 fully saturated rings. The number of piperazine rings is 1. The van der Waals surface area contributed by atoms with E-state index in [-0.39, 0.29) is 16.8 Å². The molecule has 39 heavy (non-hydrogen) atoms. The standard InChI is InChI=1S/C28H25F3N4O3S/c1-18(21-16-23(29)26(31)24(30)17-21)34-12-14-35(15-13-34)28(36)20-7-9-22(10-8-20)33-39(37,38)25-6-2-4-19-5-3-11-32-27(19)25/h2-11,16-18,33H,12-15H2,1H3. The van der Waals surface area contributed by atoms with Crippen molar-refractivity contribution in [1.82, 2.24) is 14.8 Å². The van der Waals surface area contributed by atoms with Crippen LogP contribution in [-0.4, -0.2) is 55.3 Å². The predicted octanol–water partition coefficient (Wildman–Crippen LogP) is 4.97. The molecule has 1 unspecified atom stereocenters. The molecular weight excluding hydrogens is 529 g/mol. The Kier molecular flexibility index (Phi) is 7.28. The number of benzene rings is 3. The van der Waals surface area contributed by atoms with E-state index in [1.807, 2.05) is 4.90 Å². The third-order valence-corrected chi connectivity index (χ3v) is 8.32. The van der Waals surface area contributed by atoms with Crippen molar-refractivity contribution in [3.8, 4) is 0 Å². The van der Waals surface area contributed by atoms with Crippen molar-refractivity contribution in [1.29, 1.82) is 0 Å². The van der Waals surface area contributed by atoms with E-state index in [2.05, 4.69) is 9.71 Å². The highest BCUT2D eigenvalue weighted by atomic mass is 32.2. The number of fused-ring (bicyclic) bond motifs is 1. The quantitative estimate of drug-likeness (QED) is 0.341. The van der Waals surface area contributed by atoms with E-state index in [0.29, 0.717) is 53.9 Å². The van der Waals surface area contributed by atoms with Crippen molar-refractivity contribution in [2.75, 3.05) is 30.9 Å². The molecule has 1 atom stereocenters. The molecule has 4 aromatic rings. The van der Waals surface area contributed by atoms with E-state index in [4.69, 9.17) is 0 Å². The van der Waals surface area contributed by atoms with Gasteiger partial charge in [-0.2, -0.15) is 0 Å². The van der Waals surface area contributed by atoms with Crippen molar-refractivity contribution in [3.05, 3.63) is 102 Å². The van der Waals surface area contributed by atoms with Crippen molar-refractivity contribution in [2.45, 2.75) is 17.9 Å². The summed E-state index contributed by atoms with van der Waals surface area (Å²) < 4.78 is 69.2. The van der Waals surface area contributed by atoms with Gasteiger partial charge in [-0.1, -0.05) is 18.2 Å². The van der Waals surface area contributed by atoms with E-state index >= 15 is 0 Å². The molecule has 7 nitrogen and oxygen atoms in total. The van der Waals surface area contributed by atoms with Crippen molar-refractivity contribution >= 4 is 32.5 Å². The van der Waals surface area contributed by atoms with Gasteiger partial charge in [0, 0.05) is 55.1 Å². The van der Waals surface area contributed by atoms with Crippen LogP contribution < -0.4 is 4.72 Å². The molecule has 1 aliphatic heterocycles. The average Bonchev–Trinajstić information content (AvgIpc) is 2.95. The molecule has 0 saturated carbocycles. The molecule has 5 rings (SSSR count). The fourth-order valence-electron chi connectivity index (χ4n) is 4.71. The summed E-state index contributed by atoms with van der Waals surface area (Å²) in [4.78, 5) is 20.9. The maximum Gasteiger partial charge on any atom is 0.264 e. The van der Waals surface area contributed by atoms with E-state index < -0.39 is 27.5 Å². The lowest BCUT2D eigenvalue weighted by atomic mass is 10.0. The molecule has 1 N–H and O–H groups in total. The zero-order valence-electron chi connectivity index (χ0n) is 20.9. The summed E-state index contributed by atoms with van der Waals surface area (Å²) in [5, 5.41) is 0.702. The Bertz CT molecular complexity index is 1610. The number of carbonyl (C=O) groups excluding carboxylic acids is 1. The van der Waals surface area contributed by atoms with Crippen molar-refractivity contribution < 1.29 is 26.4 Å². The number of para-hydroxylation sites is 1. The van der Waals surface area contributed by atoms with Gasteiger partial charge >= 0.3 is 0 Å². The van der Waals surface area contributed by atoms with Crippen LogP contribution in [0.2, 0.25) is 0 Å². The Hall–Kier alpha value is -3.96. The van der Waals surface area contributed by atoms with E-state index in [9.17, 15) is 26.4 Å². The van der Waals surface area contributed by atoms with Gasteiger partial charge < -0.3 is 4.90 Å². The van der Waals surface area contributed by atoms with Crippen LogP contribution in [-0.2, 0) is 10.0 Å². The van der Waals surface area contributed by atoms with Gasteiger partial charge in [-0.05, 0) is 61.0 Å². The Morgan fingerprint density at radius 1 is 0.923 bits per heavy atom. The lowest BCUT2D eigenvalue weighted by Crippen LogP contribution is -2.49. The first-order chi connectivity index (χ1) is 18.6. The number of anilines is 1. The molecule has 1 aliphatic rings. The molecule has 0 spiro atoms. The first-order valence-electron chi connectivity index (χ1n) is 12.3. The van der Waals surface area contributed by atoms with E-state index in [1.165, 1.54) is 24.4 Å². The number of hydrogen-bond donors (Lipinski definition) is 1. The molecule has 202 valence electrons. The van der Waals surface area contributed by atoms with Gasteiger partial charge in [0.15, 0.2) is 17.5 Å². The minimum absolute atomic E-state index is 0.0546. The number of pyridine rings is 1. The van der Waals surface area contributed by atoms with Crippen LogP contribution in [0.3, 0.4) is 0 Å². The molecule has 1 saturated heterocycles. The zero-order valence-corrected chi connectivity index (χ0v) is 21.8. The second kappa shape index (κ2) is 10.7. The van der Waals surface area contributed by atoms with E-state index in [1.54, 1.807) is 48.2 Å². The van der Waals surface area contributed by atoms with Crippen LogP contribution >= 0.6 is 0 Å². The fourth-order valence-corrected chi connectivity index (χ4v) is 5.95. The van der Waals surface area contributed by atoms with Crippen LogP contribution in [0, 0.1) is 17.5 Å². The van der Waals surface area contributed by atoms with Gasteiger partial charge in [0.2, 0.25) is 0 Å². The maximum absolute atomic E-state index is 13.7. The summed E-state index contributed by atoms with van der Waals surface area (Å²) in [5.74, 6) is -4.17. The molecule has 0 bridgehead atoms. The lowest BCUT2D eigenvalue weighted by molar-refractivity contribution is 0.0581. The number of nitrogens with one attached hydrogen (secondary N) is 1. The van der Waals surface area contributed by atoms with Gasteiger partial charge in [0.25, 0.3) is 15.9 Å². The Balaban J connectivity index is 1.22. The van der Waals surface area contributed by atoms with Crippen LogP contribution in [0.15, 0.2) is 77.8 Å². The smallest absolute Gasteiger partial charge is 0.264 e. The molecule has 11 heteroatoms. The van der Waals surface area contributed by atoms with Crippen LogP contribution in [0.1, 0.15) is 28.9 Å². The van der Waals surface area contributed by atoms with Gasteiger partial charge in [0.05, 0.1) is 5.52 Å². The third-order valence-electron chi connectivity index (χ3n) is 6.91. The highest BCUT2D eigenvalue weighted by molar-refractivity contribution is 7.93. The Morgan fingerprint density at radius 3 is 2.23 bits per heavy atom. The Labute approximate surface area is 223 Å². The minimum atomic E-state index is -3.92. The predicted molar refractivity (Wildman–Crippen MR) is 141 cm³/mol. The van der Waals surface area contributed by atoms with Crippen LogP contribution in [0.25, 0.3) is 10.9 Å². The number of aromatic nitrogens is 1. The topological polar surface area (TPSA) is 82.6 Å². The molecule has 0 aliphatic carbocycles. The third kappa shape index (κ3) is 5.45. The first-order valence-corrected chi connectivity index (χ1v) is 13.8. The van der Waals surface area contributed by atoms with Crippen LogP contribution in [0.5, 0.6) is 0 Å².